The first-order valence-electron chi connectivity index (χ1n) is 7.04. The zero-order valence-electron chi connectivity index (χ0n) is 12.3. The Bertz CT molecular complexity index is 647. The number of halogens is 2. The molecule has 0 aliphatic heterocycles. The molecule has 7 heteroatoms. The molecule has 0 N–H and O–H groups in total. The van der Waals surface area contributed by atoms with Crippen molar-refractivity contribution >= 4 is 46.3 Å². The molecule has 0 fully saturated rings. The van der Waals surface area contributed by atoms with Crippen LogP contribution in [0.5, 0.6) is 0 Å². The fourth-order valence-electron chi connectivity index (χ4n) is 2.12. The number of para-hydroxylation sites is 1. The van der Waals surface area contributed by atoms with Gasteiger partial charge < -0.3 is 4.90 Å². The monoisotopic (exact) mass is 370 g/mol. The summed E-state index contributed by atoms with van der Waals surface area (Å²) in [5.41, 5.74) is 1.16. The molecular formula is C16H16Cl2N2O2S. The summed E-state index contributed by atoms with van der Waals surface area (Å²) >= 11 is 13.3. The topological polar surface area (TPSA) is 46.4 Å². The van der Waals surface area contributed by atoms with Crippen molar-refractivity contribution in [2.24, 2.45) is 0 Å². The third-order valence-corrected chi connectivity index (χ3v) is 4.60. The first-order valence-corrected chi connectivity index (χ1v) is 8.92. The first-order chi connectivity index (χ1) is 11.2. The van der Waals surface area contributed by atoms with Crippen LogP contribution in [0.2, 0.25) is 0 Å². The van der Waals surface area contributed by atoms with Gasteiger partial charge in [0.25, 0.3) is 5.69 Å². The van der Waals surface area contributed by atoms with Crippen LogP contribution < -0.4 is 4.90 Å². The third kappa shape index (κ3) is 5.03. The molecule has 2 aromatic carbocycles. The van der Waals surface area contributed by atoms with Gasteiger partial charge in [0.2, 0.25) is 0 Å². The number of nitro groups is 1. The van der Waals surface area contributed by atoms with Crippen LogP contribution in [0.1, 0.15) is 0 Å². The highest BCUT2D eigenvalue weighted by Gasteiger charge is 2.12. The second-order valence-corrected chi connectivity index (χ2v) is 6.56. The van der Waals surface area contributed by atoms with Gasteiger partial charge in [-0.3, -0.25) is 10.1 Å². The van der Waals surface area contributed by atoms with E-state index in [0.29, 0.717) is 24.8 Å². The minimum Gasteiger partial charge on any atom is -0.368 e. The minimum absolute atomic E-state index is 0.0912. The lowest BCUT2D eigenvalue weighted by Gasteiger charge is -2.25. The molecule has 0 bridgehead atoms. The number of non-ortho nitro benzene ring substituents is 1. The highest BCUT2D eigenvalue weighted by molar-refractivity contribution is 7.99. The number of alkyl halides is 2. The molecule has 0 aliphatic carbocycles. The molecule has 2 aromatic rings. The number of anilines is 1. The predicted octanol–water partition coefficient (Wildman–Crippen LogP) is 5.03. The molecule has 0 atom stereocenters. The van der Waals surface area contributed by atoms with Crippen LogP contribution in [0.15, 0.2) is 58.3 Å². The van der Waals surface area contributed by atoms with E-state index in [-0.39, 0.29) is 5.69 Å². The number of nitro benzene ring substituents is 1. The van der Waals surface area contributed by atoms with Gasteiger partial charge in [0, 0.05) is 46.8 Å². The van der Waals surface area contributed by atoms with E-state index in [1.54, 1.807) is 23.9 Å². The summed E-state index contributed by atoms with van der Waals surface area (Å²) in [5, 5.41) is 10.7. The SMILES string of the molecule is O=[N+]([O-])c1ccc(Sc2ccccc2N(CCCl)CCCl)cc1. The molecule has 0 saturated heterocycles. The number of hydrogen-bond donors (Lipinski definition) is 0. The predicted molar refractivity (Wildman–Crippen MR) is 97.3 cm³/mol. The maximum Gasteiger partial charge on any atom is 0.269 e. The normalized spacial score (nSPS) is 10.5. The molecule has 0 aliphatic rings. The summed E-state index contributed by atoms with van der Waals surface area (Å²) in [4.78, 5) is 14.5. The highest BCUT2D eigenvalue weighted by atomic mass is 35.5. The number of nitrogens with zero attached hydrogens (tertiary/aromatic N) is 2. The smallest absolute Gasteiger partial charge is 0.269 e. The summed E-state index contributed by atoms with van der Waals surface area (Å²) in [5.74, 6) is 1.04. The molecule has 0 saturated carbocycles. The number of benzene rings is 2. The Morgan fingerprint density at radius 3 is 2.17 bits per heavy atom. The van der Waals surface area contributed by atoms with E-state index in [1.165, 1.54) is 12.1 Å². The number of rotatable bonds is 8. The van der Waals surface area contributed by atoms with Gasteiger partial charge in [0.05, 0.1) is 10.6 Å². The Kier molecular flexibility index (Phi) is 7.02. The summed E-state index contributed by atoms with van der Waals surface area (Å²) in [7, 11) is 0. The number of hydrogen-bond acceptors (Lipinski definition) is 4. The van der Waals surface area contributed by atoms with Crippen LogP contribution >= 0.6 is 35.0 Å². The van der Waals surface area contributed by atoms with Crippen molar-refractivity contribution in [3.8, 4) is 0 Å². The van der Waals surface area contributed by atoms with Crippen molar-refractivity contribution in [3.63, 3.8) is 0 Å². The summed E-state index contributed by atoms with van der Waals surface area (Å²) in [6, 6.07) is 14.5. The minimum atomic E-state index is -0.398. The zero-order chi connectivity index (χ0) is 16.7. The van der Waals surface area contributed by atoms with Crippen molar-refractivity contribution in [1.29, 1.82) is 0 Å². The largest absolute Gasteiger partial charge is 0.368 e. The van der Waals surface area contributed by atoms with Gasteiger partial charge >= 0.3 is 0 Å². The van der Waals surface area contributed by atoms with Crippen LogP contribution in [0.25, 0.3) is 0 Å². The van der Waals surface area contributed by atoms with E-state index >= 15 is 0 Å². The third-order valence-electron chi connectivity index (χ3n) is 3.19. The molecule has 0 amide bonds. The van der Waals surface area contributed by atoms with E-state index in [0.717, 1.165) is 15.5 Å². The lowest BCUT2D eigenvalue weighted by Crippen LogP contribution is -2.28. The van der Waals surface area contributed by atoms with Gasteiger partial charge in [-0.1, -0.05) is 23.9 Å². The first kappa shape index (κ1) is 17.9. The Balaban J connectivity index is 2.23. The summed E-state index contributed by atoms with van der Waals surface area (Å²) in [6.45, 7) is 1.43. The average Bonchev–Trinajstić information content (AvgIpc) is 2.56. The Morgan fingerprint density at radius 2 is 1.61 bits per heavy atom. The average molecular weight is 371 g/mol. The van der Waals surface area contributed by atoms with Crippen LogP contribution in [-0.4, -0.2) is 29.8 Å². The van der Waals surface area contributed by atoms with Crippen molar-refractivity contribution < 1.29 is 4.92 Å². The van der Waals surface area contributed by atoms with Gasteiger partial charge in [-0.15, -0.1) is 23.2 Å². The Morgan fingerprint density at radius 1 is 1.00 bits per heavy atom. The second kappa shape index (κ2) is 9.01. The van der Waals surface area contributed by atoms with Gasteiger partial charge in [0.15, 0.2) is 0 Å². The van der Waals surface area contributed by atoms with Crippen LogP contribution in [0.3, 0.4) is 0 Å². The molecule has 0 spiro atoms. The molecule has 23 heavy (non-hydrogen) atoms. The van der Waals surface area contributed by atoms with Crippen molar-refractivity contribution in [2.45, 2.75) is 9.79 Å². The molecule has 122 valence electrons. The highest BCUT2D eigenvalue weighted by Crippen LogP contribution is 2.36. The fraction of sp³-hybridized carbons (Fsp3) is 0.250. The lowest BCUT2D eigenvalue weighted by atomic mass is 10.3. The molecular weight excluding hydrogens is 355 g/mol. The van der Waals surface area contributed by atoms with Gasteiger partial charge in [0.1, 0.15) is 0 Å². The summed E-state index contributed by atoms with van der Waals surface area (Å²) in [6.07, 6.45) is 0. The van der Waals surface area contributed by atoms with E-state index in [9.17, 15) is 10.1 Å². The zero-order valence-corrected chi connectivity index (χ0v) is 14.7. The van der Waals surface area contributed by atoms with E-state index in [4.69, 9.17) is 23.2 Å². The molecule has 0 radical (unpaired) electrons. The van der Waals surface area contributed by atoms with Crippen molar-refractivity contribution in [2.75, 3.05) is 29.7 Å². The van der Waals surface area contributed by atoms with Gasteiger partial charge in [-0.25, -0.2) is 0 Å². The lowest BCUT2D eigenvalue weighted by molar-refractivity contribution is -0.384. The van der Waals surface area contributed by atoms with Crippen LogP contribution in [-0.2, 0) is 0 Å². The van der Waals surface area contributed by atoms with Crippen LogP contribution in [0.4, 0.5) is 11.4 Å². The maximum atomic E-state index is 10.7. The van der Waals surface area contributed by atoms with E-state index < -0.39 is 4.92 Å². The summed E-state index contributed by atoms with van der Waals surface area (Å²) < 4.78 is 0. The van der Waals surface area contributed by atoms with Crippen molar-refractivity contribution in [3.05, 3.63) is 58.6 Å². The molecule has 0 heterocycles. The quantitative estimate of drug-likeness (QED) is 0.371. The maximum absolute atomic E-state index is 10.7. The van der Waals surface area contributed by atoms with Crippen molar-refractivity contribution in [1.82, 2.24) is 0 Å². The van der Waals surface area contributed by atoms with Crippen LogP contribution in [0, 0.1) is 10.1 Å². The molecule has 4 nitrogen and oxygen atoms in total. The molecule has 0 aromatic heterocycles. The van der Waals surface area contributed by atoms with Gasteiger partial charge in [-0.2, -0.15) is 0 Å². The molecule has 0 unspecified atom stereocenters. The standard InChI is InChI=1S/C16H16Cl2N2O2S/c17-9-11-19(12-10-18)15-3-1-2-4-16(15)23-14-7-5-13(6-8-14)20(21)22/h1-8H,9-12H2. The second-order valence-electron chi connectivity index (χ2n) is 4.69. The van der Waals surface area contributed by atoms with Gasteiger partial charge in [-0.05, 0) is 24.3 Å². The van der Waals surface area contributed by atoms with E-state index in [1.807, 2.05) is 24.3 Å². The fourth-order valence-corrected chi connectivity index (χ4v) is 3.51. The Hall–Kier alpha value is -1.43. The Labute approximate surface area is 149 Å². The molecule has 2 rings (SSSR count). The van der Waals surface area contributed by atoms with E-state index in [2.05, 4.69) is 4.90 Å².